The molecule has 1 aliphatic heterocycles. The van der Waals surface area contributed by atoms with Crippen molar-refractivity contribution < 1.29 is 27.2 Å². The topological polar surface area (TPSA) is 83.1 Å². The van der Waals surface area contributed by atoms with Gasteiger partial charge in [-0.2, -0.15) is 0 Å². The first-order chi connectivity index (χ1) is 10.7. The quantitative estimate of drug-likeness (QED) is 0.572. The van der Waals surface area contributed by atoms with Crippen LogP contribution in [0.1, 0.15) is 54.4 Å². The Kier molecular flexibility index (Phi) is 7.50. The van der Waals surface area contributed by atoms with E-state index in [1.165, 1.54) is 0 Å². The third kappa shape index (κ3) is 4.09. The Morgan fingerprint density at radius 3 is 1.22 bits per heavy atom. The Bertz CT molecular complexity index is 426. The zero-order chi connectivity index (χ0) is 17.8. The van der Waals surface area contributed by atoms with Crippen LogP contribution in [0.15, 0.2) is 0 Å². The van der Waals surface area contributed by atoms with Gasteiger partial charge in [-0.3, -0.25) is 14.4 Å². The number of rotatable bonds is 10. The Labute approximate surface area is 139 Å². The Hall–Kier alpha value is 0.260. The zero-order valence-corrected chi connectivity index (χ0v) is 16.9. The summed E-state index contributed by atoms with van der Waals surface area (Å²) in [5.41, 5.74) is 0. The van der Waals surface area contributed by atoms with Crippen LogP contribution in [0.2, 0.25) is 0 Å². The minimum absolute atomic E-state index is 0.278. The summed E-state index contributed by atoms with van der Waals surface area (Å²) in [6, 6.07) is 0. The van der Waals surface area contributed by atoms with Crippen molar-refractivity contribution in [1.82, 2.24) is 5.32 Å². The van der Waals surface area contributed by atoms with Crippen molar-refractivity contribution in [2.75, 3.05) is 26.4 Å². The normalized spacial score (nSPS) is 29.1. The first-order valence-electron chi connectivity index (χ1n) is 8.23. The molecule has 1 saturated heterocycles. The minimum atomic E-state index is -3.41. The van der Waals surface area contributed by atoms with E-state index in [4.69, 9.17) is 18.1 Å². The predicted molar refractivity (Wildman–Crippen MR) is 90.9 cm³/mol. The second-order valence-corrected chi connectivity index (χ2v) is 10.8. The second kappa shape index (κ2) is 8.09. The van der Waals surface area contributed by atoms with Crippen LogP contribution in [0.5, 0.6) is 0 Å². The van der Waals surface area contributed by atoms with Crippen LogP contribution in [-0.2, 0) is 27.2 Å². The summed E-state index contributed by atoms with van der Waals surface area (Å²) in [5.74, 6) is 0. The van der Waals surface area contributed by atoms with Crippen molar-refractivity contribution in [3.63, 3.8) is 0 Å². The van der Waals surface area contributed by atoms with E-state index in [1.54, 1.807) is 41.5 Å². The van der Waals surface area contributed by atoms with Gasteiger partial charge in [0.15, 0.2) is 0 Å². The Morgan fingerprint density at radius 2 is 1.00 bits per heavy atom. The monoisotopic (exact) mass is 371 g/mol. The van der Waals surface area contributed by atoms with Gasteiger partial charge in [-0.25, -0.2) is 0 Å². The smallest absolute Gasteiger partial charge is 0.308 e. The van der Waals surface area contributed by atoms with E-state index in [1.807, 2.05) is 0 Å². The van der Waals surface area contributed by atoms with Crippen molar-refractivity contribution in [2.24, 2.45) is 0 Å². The van der Waals surface area contributed by atoms with Crippen molar-refractivity contribution in [1.29, 1.82) is 0 Å². The number of nitrogens with one attached hydrogen (secondary N) is 1. The van der Waals surface area contributed by atoms with Crippen molar-refractivity contribution in [3.8, 4) is 0 Å². The van der Waals surface area contributed by atoms with Gasteiger partial charge in [-0.1, -0.05) is 0 Å². The molecule has 23 heavy (non-hydrogen) atoms. The third-order valence-electron chi connectivity index (χ3n) is 4.04. The molecule has 1 heterocycles. The lowest BCUT2D eigenvalue weighted by atomic mass is 10.2. The van der Waals surface area contributed by atoms with E-state index in [-0.39, 0.29) is 26.4 Å². The summed E-state index contributed by atoms with van der Waals surface area (Å²) < 4.78 is 48.3. The lowest BCUT2D eigenvalue weighted by Gasteiger charge is -2.38. The molecule has 1 rings (SSSR count). The first kappa shape index (κ1) is 21.3. The maximum absolute atomic E-state index is 13.2. The fourth-order valence-corrected chi connectivity index (χ4v) is 7.20. The molecule has 0 aromatic rings. The van der Waals surface area contributed by atoms with Crippen LogP contribution in [0.3, 0.4) is 0 Å². The molecule has 0 bridgehead atoms. The van der Waals surface area contributed by atoms with Crippen LogP contribution in [0.4, 0.5) is 0 Å². The van der Waals surface area contributed by atoms with Crippen LogP contribution in [0.25, 0.3) is 0 Å². The van der Waals surface area contributed by atoms with Gasteiger partial charge in [0.05, 0.1) is 26.4 Å². The van der Waals surface area contributed by atoms with E-state index < -0.39 is 25.8 Å². The number of hydrogen-bond donors (Lipinski definition) is 1. The lowest BCUT2D eigenvalue weighted by molar-refractivity contribution is 0.180. The highest BCUT2D eigenvalue weighted by Gasteiger charge is 2.61. The highest BCUT2D eigenvalue weighted by Crippen LogP contribution is 2.70. The molecule has 2 atom stereocenters. The summed E-state index contributed by atoms with van der Waals surface area (Å²) >= 11 is 0. The molecule has 0 spiro atoms. The molecule has 0 aromatic carbocycles. The van der Waals surface area contributed by atoms with Crippen molar-refractivity contribution >= 4 is 15.2 Å². The van der Waals surface area contributed by atoms with E-state index in [2.05, 4.69) is 5.32 Å². The summed E-state index contributed by atoms with van der Waals surface area (Å²) in [6.07, 6.45) is 0.982. The summed E-state index contributed by atoms with van der Waals surface area (Å²) in [4.78, 5) is 0. The molecule has 1 aliphatic rings. The fourth-order valence-electron chi connectivity index (χ4n) is 2.93. The molecule has 2 unspecified atom stereocenters. The molecule has 138 valence electrons. The third-order valence-corrected chi connectivity index (χ3v) is 9.52. The van der Waals surface area contributed by atoms with Gasteiger partial charge in [-0.15, -0.1) is 0 Å². The van der Waals surface area contributed by atoms with Gasteiger partial charge >= 0.3 is 15.2 Å². The predicted octanol–water partition coefficient (Wildman–Crippen LogP) is 4.33. The Balaban J connectivity index is 3.14. The largest absolute Gasteiger partial charge is 0.350 e. The van der Waals surface area contributed by atoms with Gasteiger partial charge in [0.2, 0.25) is 0 Å². The summed E-state index contributed by atoms with van der Waals surface area (Å²) in [5, 5.41) is 1.37. The molecule has 0 radical (unpaired) electrons. The van der Waals surface area contributed by atoms with Crippen molar-refractivity contribution in [2.45, 2.75) is 64.9 Å². The summed E-state index contributed by atoms with van der Waals surface area (Å²) in [7, 11) is -6.82. The molecule has 1 N–H and O–H groups in total. The molecule has 0 amide bonds. The molecule has 0 aromatic heterocycles. The van der Waals surface area contributed by atoms with E-state index in [9.17, 15) is 9.13 Å². The lowest BCUT2D eigenvalue weighted by Crippen LogP contribution is -2.48. The van der Waals surface area contributed by atoms with E-state index in [0.717, 1.165) is 0 Å². The van der Waals surface area contributed by atoms with E-state index in [0.29, 0.717) is 12.8 Å². The summed E-state index contributed by atoms with van der Waals surface area (Å²) in [6.45, 7) is 11.8. The van der Waals surface area contributed by atoms with Gasteiger partial charge in [-0.05, 0) is 54.4 Å². The maximum atomic E-state index is 13.2. The maximum Gasteiger partial charge on any atom is 0.350 e. The Morgan fingerprint density at radius 1 is 0.739 bits per heavy atom. The highest BCUT2D eigenvalue weighted by molar-refractivity contribution is 7.57. The first-order valence-corrected chi connectivity index (χ1v) is 11.3. The molecule has 7 nitrogen and oxygen atoms in total. The molecule has 0 aliphatic carbocycles. The second-order valence-electron chi connectivity index (χ2n) is 5.84. The molecule has 1 fully saturated rings. The van der Waals surface area contributed by atoms with Crippen LogP contribution < -0.4 is 5.32 Å². The van der Waals surface area contributed by atoms with Gasteiger partial charge in [0.25, 0.3) is 0 Å². The molecular formula is C14H31NO6P2. The van der Waals surface area contributed by atoms with Gasteiger partial charge < -0.3 is 18.1 Å². The van der Waals surface area contributed by atoms with Crippen LogP contribution in [-0.4, -0.2) is 37.0 Å². The molecule has 9 heteroatoms. The van der Waals surface area contributed by atoms with Crippen LogP contribution >= 0.6 is 15.2 Å². The van der Waals surface area contributed by atoms with Gasteiger partial charge in [0, 0.05) is 0 Å². The molecular weight excluding hydrogens is 340 g/mol. The van der Waals surface area contributed by atoms with Crippen molar-refractivity contribution in [3.05, 3.63) is 0 Å². The number of hydrogen-bond acceptors (Lipinski definition) is 7. The minimum Gasteiger partial charge on any atom is -0.308 e. The van der Waals surface area contributed by atoms with E-state index >= 15 is 0 Å². The van der Waals surface area contributed by atoms with Gasteiger partial charge in [0.1, 0.15) is 10.6 Å². The average molecular weight is 371 g/mol. The standard InChI is InChI=1S/C14H31NO6P2/c1-7-18-22(16,19-8-2)13(5)11-12-14(6,15-13)23(17,20-9-3)21-10-4/h15H,7-12H2,1-6H3. The highest BCUT2D eigenvalue weighted by atomic mass is 31.2. The fraction of sp³-hybridized carbons (Fsp3) is 1.00. The SMILES string of the molecule is CCOP(=O)(OCC)C1(C)CCC(C)(P(=O)(OCC)OCC)N1. The van der Waals surface area contributed by atoms with Crippen LogP contribution in [0, 0.1) is 0 Å². The molecule has 0 saturated carbocycles. The zero-order valence-electron chi connectivity index (χ0n) is 15.1. The average Bonchev–Trinajstić information content (AvgIpc) is 2.79.